The Kier molecular flexibility index (Phi) is 6.63. The smallest absolute Gasteiger partial charge is 0.264 e. The van der Waals surface area contributed by atoms with Crippen molar-refractivity contribution in [3.63, 3.8) is 0 Å². The molecule has 5 aromatic rings. The van der Waals surface area contributed by atoms with E-state index in [1.807, 2.05) is 30.3 Å². The van der Waals surface area contributed by atoms with Crippen LogP contribution >= 0.6 is 22.9 Å². The second kappa shape index (κ2) is 9.89. The average molecular weight is 550 g/mol. The summed E-state index contributed by atoms with van der Waals surface area (Å²) in [6, 6.07) is 20.4. The van der Waals surface area contributed by atoms with Gasteiger partial charge in [0.15, 0.2) is 0 Å². The van der Waals surface area contributed by atoms with Crippen LogP contribution in [0.2, 0.25) is 4.34 Å². The summed E-state index contributed by atoms with van der Waals surface area (Å²) in [4.78, 5) is 27.1. The van der Waals surface area contributed by atoms with Gasteiger partial charge in [-0.05, 0) is 68.4 Å². The lowest BCUT2D eigenvalue weighted by atomic mass is 10.1. The fraction of sp³-hybridized carbons (Fsp3) is 0.0769. The van der Waals surface area contributed by atoms with E-state index in [9.17, 15) is 13.2 Å². The summed E-state index contributed by atoms with van der Waals surface area (Å²) in [6.45, 7) is 3.52. The number of carbonyl (C=O) groups is 1. The van der Waals surface area contributed by atoms with Crippen LogP contribution in [0.3, 0.4) is 0 Å². The summed E-state index contributed by atoms with van der Waals surface area (Å²) in [5, 5.41) is 3.55. The molecule has 37 heavy (non-hydrogen) atoms. The number of amides is 1. The molecule has 0 unspecified atom stereocenters. The van der Waals surface area contributed by atoms with Gasteiger partial charge in [0.1, 0.15) is 0 Å². The highest BCUT2D eigenvalue weighted by atomic mass is 35.5. The molecule has 3 aromatic heterocycles. The highest BCUT2D eigenvalue weighted by Crippen LogP contribution is 2.32. The molecular weight excluding hydrogens is 530 g/mol. The van der Waals surface area contributed by atoms with Gasteiger partial charge in [0.25, 0.3) is 15.9 Å². The Morgan fingerprint density at radius 2 is 1.59 bits per heavy atom. The van der Waals surface area contributed by atoms with Crippen molar-refractivity contribution in [3.05, 3.63) is 94.1 Å². The number of carbonyl (C=O) groups excluding carboxylic acids is 1. The number of anilines is 2. The SMILES string of the molecule is Cc1cc(C)nc(NS(=O)(=O)c2ccc(NC(=O)c3cc(-c4ccc(Cl)s4)nc4ccccc34)cc2)n1. The number of halogens is 1. The van der Waals surface area contributed by atoms with Crippen LogP contribution in [-0.4, -0.2) is 29.3 Å². The molecule has 8 nitrogen and oxygen atoms in total. The van der Waals surface area contributed by atoms with E-state index in [-0.39, 0.29) is 16.8 Å². The first kappa shape index (κ1) is 24.8. The fourth-order valence-corrected chi connectivity index (χ4v) is 5.76. The highest BCUT2D eigenvalue weighted by molar-refractivity contribution is 7.92. The molecule has 2 aromatic carbocycles. The predicted molar refractivity (Wildman–Crippen MR) is 147 cm³/mol. The summed E-state index contributed by atoms with van der Waals surface area (Å²) >= 11 is 7.48. The van der Waals surface area contributed by atoms with Gasteiger partial charge in [0, 0.05) is 22.5 Å². The molecule has 0 aliphatic heterocycles. The molecule has 0 saturated carbocycles. The molecule has 0 bridgehead atoms. The van der Waals surface area contributed by atoms with Crippen LogP contribution in [0.1, 0.15) is 21.7 Å². The maximum atomic E-state index is 13.3. The lowest BCUT2D eigenvalue weighted by molar-refractivity contribution is 0.102. The maximum absolute atomic E-state index is 13.3. The number of thiophene rings is 1. The predicted octanol–water partition coefficient (Wildman–Crippen LogP) is 6.08. The Balaban J connectivity index is 1.40. The van der Waals surface area contributed by atoms with E-state index in [1.54, 1.807) is 32.0 Å². The van der Waals surface area contributed by atoms with Crippen LogP contribution in [-0.2, 0) is 10.0 Å². The molecule has 0 aliphatic carbocycles. The average Bonchev–Trinajstić information content (AvgIpc) is 3.29. The summed E-state index contributed by atoms with van der Waals surface area (Å²) in [5.74, 6) is -0.345. The third-order valence-corrected chi connectivity index (χ3v) is 8.01. The van der Waals surface area contributed by atoms with Crippen molar-refractivity contribution in [1.29, 1.82) is 0 Å². The van der Waals surface area contributed by atoms with E-state index < -0.39 is 10.0 Å². The molecule has 0 aliphatic rings. The van der Waals surface area contributed by atoms with Gasteiger partial charge < -0.3 is 5.32 Å². The molecule has 0 fully saturated rings. The summed E-state index contributed by atoms with van der Waals surface area (Å²) in [5.41, 5.74) is 3.50. The van der Waals surface area contributed by atoms with E-state index >= 15 is 0 Å². The van der Waals surface area contributed by atoms with Crippen LogP contribution in [0, 0.1) is 13.8 Å². The molecule has 0 radical (unpaired) electrons. The Labute approximate surface area is 222 Å². The number of aromatic nitrogens is 3. The van der Waals surface area contributed by atoms with Gasteiger partial charge in [-0.3, -0.25) is 4.79 Å². The van der Waals surface area contributed by atoms with Crippen LogP contribution in [0.4, 0.5) is 11.6 Å². The Bertz CT molecular complexity index is 1730. The number of aryl methyl sites for hydroxylation is 2. The molecule has 0 spiro atoms. The van der Waals surface area contributed by atoms with Gasteiger partial charge in [-0.1, -0.05) is 29.8 Å². The van der Waals surface area contributed by atoms with Crippen molar-refractivity contribution < 1.29 is 13.2 Å². The van der Waals surface area contributed by atoms with E-state index in [0.29, 0.717) is 43.6 Å². The maximum Gasteiger partial charge on any atom is 0.264 e. The standard InChI is InChI=1S/C26H20ClN5O3S2/c1-15-13-16(2)29-26(28-15)32-37(34,35)18-9-7-17(8-10-18)30-25(33)20-14-22(23-11-12-24(27)36-23)31-21-6-4-3-5-19(20)21/h3-14H,1-2H3,(H,30,33)(H,28,29,32). The van der Waals surface area contributed by atoms with E-state index in [1.165, 1.54) is 35.6 Å². The molecule has 0 saturated heterocycles. The molecule has 3 heterocycles. The number of fused-ring (bicyclic) bond motifs is 1. The molecule has 2 N–H and O–H groups in total. The van der Waals surface area contributed by atoms with Crippen molar-refractivity contribution >= 4 is 61.4 Å². The van der Waals surface area contributed by atoms with Crippen molar-refractivity contribution in [2.75, 3.05) is 10.0 Å². The first-order valence-electron chi connectivity index (χ1n) is 11.1. The minimum absolute atomic E-state index is 0.00211. The van der Waals surface area contributed by atoms with E-state index in [0.717, 1.165) is 4.88 Å². The largest absolute Gasteiger partial charge is 0.322 e. The van der Waals surface area contributed by atoms with Gasteiger partial charge >= 0.3 is 0 Å². The number of nitrogens with zero attached hydrogens (tertiary/aromatic N) is 3. The third-order valence-electron chi connectivity index (χ3n) is 5.42. The van der Waals surface area contributed by atoms with Crippen LogP contribution in [0.5, 0.6) is 0 Å². The summed E-state index contributed by atoms with van der Waals surface area (Å²) in [6.07, 6.45) is 0. The van der Waals surface area contributed by atoms with Crippen LogP contribution in [0.25, 0.3) is 21.5 Å². The zero-order valence-electron chi connectivity index (χ0n) is 19.7. The van der Waals surface area contributed by atoms with Gasteiger partial charge in [-0.25, -0.2) is 28.1 Å². The first-order chi connectivity index (χ1) is 17.7. The number of rotatable bonds is 6. The van der Waals surface area contributed by atoms with Crippen molar-refractivity contribution in [2.45, 2.75) is 18.7 Å². The number of benzene rings is 2. The second-order valence-electron chi connectivity index (χ2n) is 8.23. The van der Waals surface area contributed by atoms with Crippen molar-refractivity contribution in [2.24, 2.45) is 0 Å². The number of hydrogen-bond donors (Lipinski definition) is 2. The fourth-order valence-electron chi connectivity index (χ4n) is 3.81. The molecule has 186 valence electrons. The molecular formula is C26H20ClN5O3S2. The van der Waals surface area contributed by atoms with Gasteiger partial charge in [-0.2, -0.15) is 0 Å². The Morgan fingerprint density at radius 3 is 2.27 bits per heavy atom. The van der Waals surface area contributed by atoms with E-state index in [4.69, 9.17) is 11.6 Å². The molecule has 5 rings (SSSR count). The lowest BCUT2D eigenvalue weighted by Gasteiger charge is -2.11. The number of hydrogen-bond acceptors (Lipinski definition) is 7. The molecule has 0 atom stereocenters. The third kappa shape index (κ3) is 5.46. The summed E-state index contributed by atoms with van der Waals surface area (Å²) < 4.78 is 28.6. The monoisotopic (exact) mass is 549 g/mol. The number of pyridine rings is 1. The number of nitrogens with one attached hydrogen (secondary N) is 2. The van der Waals surface area contributed by atoms with Crippen LogP contribution < -0.4 is 10.0 Å². The van der Waals surface area contributed by atoms with Crippen molar-refractivity contribution in [3.8, 4) is 10.6 Å². The quantitative estimate of drug-likeness (QED) is 0.265. The van der Waals surface area contributed by atoms with Gasteiger partial charge in [-0.15, -0.1) is 11.3 Å². The van der Waals surface area contributed by atoms with E-state index in [2.05, 4.69) is 25.0 Å². The minimum Gasteiger partial charge on any atom is -0.322 e. The first-order valence-corrected chi connectivity index (χ1v) is 13.8. The van der Waals surface area contributed by atoms with Gasteiger partial charge in [0.2, 0.25) is 5.95 Å². The molecule has 1 amide bonds. The Morgan fingerprint density at radius 1 is 0.892 bits per heavy atom. The number of para-hydroxylation sites is 1. The second-order valence-corrected chi connectivity index (χ2v) is 11.6. The molecule has 11 heteroatoms. The van der Waals surface area contributed by atoms with Crippen LogP contribution in [0.15, 0.2) is 77.7 Å². The minimum atomic E-state index is -3.91. The highest BCUT2D eigenvalue weighted by Gasteiger charge is 2.18. The lowest BCUT2D eigenvalue weighted by Crippen LogP contribution is -2.16. The number of sulfonamides is 1. The summed E-state index contributed by atoms with van der Waals surface area (Å²) in [7, 11) is -3.91. The Hall–Kier alpha value is -3.86. The normalized spacial score (nSPS) is 11.4. The zero-order chi connectivity index (χ0) is 26.2. The van der Waals surface area contributed by atoms with Gasteiger partial charge in [0.05, 0.1) is 30.9 Å². The van der Waals surface area contributed by atoms with Crippen molar-refractivity contribution in [1.82, 2.24) is 15.0 Å². The zero-order valence-corrected chi connectivity index (χ0v) is 22.1. The topological polar surface area (TPSA) is 114 Å².